The molecule has 3 heteroatoms. The average molecular weight is 166 g/mol. The summed E-state index contributed by atoms with van der Waals surface area (Å²) in [6, 6.07) is 0. The van der Waals surface area contributed by atoms with Gasteiger partial charge < -0.3 is 0 Å². The summed E-state index contributed by atoms with van der Waals surface area (Å²) in [6.07, 6.45) is 1.11. The molecule has 0 aromatic heterocycles. The molecule has 0 N–H and O–H groups in total. The van der Waals surface area contributed by atoms with Gasteiger partial charge in [0, 0.05) is 11.0 Å². The van der Waals surface area contributed by atoms with E-state index in [-0.39, 0.29) is 0 Å². The fourth-order valence-corrected chi connectivity index (χ4v) is 2.87. The van der Waals surface area contributed by atoms with Crippen molar-refractivity contribution < 1.29 is 4.21 Å². The fourth-order valence-electron chi connectivity index (χ4n) is 0.319. The Labute approximate surface area is 63.5 Å². The van der Waals surface area contributed by atoms with Crippen molar-refractivity contribution in [3.63, 3.8) is 0 Å². The van der Waals surface area contributed by atoms with Gasteiger partial charge in [-0.2, -0.15) is 0 Å². The van der Waals surface area contributed by atoms with Gasteiger partial charge in [0.1, 0.15) is 0 Å². The predicted molar refractivity (Wildman–Crippen MR) is 46.0 cm³/mol. The molecule has 2 unspecified atom stereocenters. The highest BCUT2D eigenvalue weighted by Crippen LogP contribution is 2.17. The van der Waals surface area contributed by atoms with Crippen molar-refractivity contribution in [1.29, 1.82) is 0 Å². The molecule has 56 valence electrons. The molecule has 2 atom stereocenters. The van der Waals surface area contributed by atoms with Crippen molar-refractivity contribution in [2.75, 3.05) is 5.75 Å². The molecule has 0 saturated carbocycles. The molecule has 0 aliphatic carbocycles. The Bertz CT molecular complexity index is 93.1. The Hall–Kier alpha value is 0.500. The van der Waals surface area contributed by atoms with Crippen molar-refractivity contribution in [1.82, 2.24) is 0 Å². The van der Waals surface area contributed by atoms with E-state index in [1.807, 2.05) is 6.92 Å². The Balaban J connectivity index is 3.34. The van der Waals surface area contributed by atoms with Crippen LogP contribution in [0, 0.1) is 0 Å². The highest BCUT2D eigenvalue weighted by Gasteiger charge is 2.02. The molecule has 0 spiro atoms. The summed E-state index contributed by atoms with van der Waals surface area (Å²) < 4.78 is 10.9. The first-order chi connectivity index (χ1) is 4.20. The van der Waals surface area contributed by atoms with Gasteiger partial charge >= 0.3 is 0 Å². The van der Waals surface area contributed by atoms with Gasteiger partial charge in [0.25, 0.3) is 0 Å². The molecule has 0 rings (SSSR count). The first-order valence-electron chi connectivity index (χ1n) is 3.26. The molecule has 0 fully saturated rings. The molecule has 9 heavy (non-hydrogen) atoms. The van der Waals surface area contributed by atoms with E-state index >= 15 is 0 Å². The summed E-state index contributed by atoms with van der Waals surface area (Å²) in [7, 11) is 0.931. The van der Waals surface area contributed by atoms with Gasteiger partial charge in [0.15, 0.2) is 0 Å². The van der Waals surface area contributed by atoms with E-state index in [1.54, 1.807) is 10.8 Å². The Morgan fingerprint density at radius 2 is 2.11 bits per heavy atom. The van der Waals surface area contributed by atoms with Gasteiger partial charge in [-0.25, -0.2) is 4.21 Å². The van der Waals surface area contributed by atoms with Crippen LogP contribution in [0.15, 0.2) is 0 Å². The minimum absolute atomic E-state index is 0.547. The molecular formula is C6H14OS2. The van der Waals surface area contributed by atoms with Gasteiger partial charge in [-0.05, 0) is 6.42 Å². The Morgan fingerprint density at radius 3 is 2.44 bits per heavy atom. The second kappa shape index (κ2) is 5.30. The predicted octanol–water partition coefficient (Wildman–Crippen LogP) is 2.20. The summed E-state index contributed by atoms with van der Waals surface area (Å²) in [5, 5.41) is 0.547. The summed E-state index contributed by atoms with van der Waals surface area (Å²) in [4.78, 5) is 0. The second-order valence-corrected chi connectivity index (χ2v) is 5.78. The van der Waals surface area contributed by atoms with Crippen LogP contribution >= 0.6 is 10.8 Å². The molecular weight excluding hydrogens is 152 g/mol. The zero-order valence-corrected chi connectivity index (χ0v) is 7.85. The molecule has 0 aromatic rings. The smallest absolute Gasteiger partial charge is 0.0803 e. The van der Waals surface area contributed by atoms with Crippen LogP contribution in [0.5, 0.6) is 0 Å². The zero-order valence-electron chi connectivity index (χ0n) is 6.22. The molecule has 0 saturated heterocycles. The van der Waals surface area contributed by atoms with Crippen molar-refractivity contribution in [2.24, 2.45) is 0 Å². The largest absolute Gasteiger partial charge is 0.248 e. The van der Waals surface area contributed by atoms with Crippen LogP contribution in [0.3, 0.4) is 0 Å². The van der Waals surface area contributed by atoms with Crippen LogP contribution in [0.1, 0.15) is 27.2 Å². The van der Waals surface area contributed by atoms with Gasteiger partial charge in [-0.15, -0.1) is 0 Å². The second-order valence-electron chi connectivity index (χ2n) is 1.91. The molecule has 0 radical (unpaired) electrons. The van der Waals surface area contributed by atoms with Crippen LogP contribution in [-0.4, -0.2) is 15.2 Å². The minimum Gasteiger partial charge on any atom is -0.248 e. The molecule has 0 aliphatic heterocycles. The van der Waals surface area contributed by atoms with E-state index in [0.717, 1.165) is 12.2 Å². The summed E-state index contributed by atoms with van der Waals surface area (Å²) in [6.45, 7) is 6.17. The fraction of sp³-hybridized carbons (Fsp3) is 1.00. The Morgan fingerprint density at radius 1 is 1.56 bits per heavy atom. The van der Waals surface area contributed by atoms with Gasteiger partial charge in [-0.1, -0.05) is 31.6 Å². The lowest BCUT2D eigenvalue weighted by Gasteiger charge is -2.04. The lowest BCUT2D eigenvalue weighted by atomic mass is 10.4. The van der Waals surface area contributed by atoms with Gasteiger partial charge in [0.05, 0.1) is 9.83 Å². The van der Waals surface area contributed by atoms with Gasteiger partial charge in [-0.3, -0.25) is 0 Å². The van der Waals surface area contributed by atoms with Crippen LogP contribution < -0.4 is 0 Å². The number of hydrogen-bond donors (Lipinski definition) is 0. The zero-order chi connectivity index (χ0) is 7.28. The molecule has 0 aromatic carbocycles. The monoisotopic (exact) mass is 166 g/mol. The van der Waals surface area contributed by atoms with Crippen molar-refractivity contribution in [2.45, 2.75) is 32.4 Å². The van der Waals surface area contributed by atoms with Crippen LogP contribution in [0.25, 0.3) is 0 Å². The molecule has 0 bridgehead atoms. The SMILES string of the molecule is CCC(C)SS(=O)CC. The first-order valence-corrected chi connectivity index (χ1v) is 5.97. The lowest BCUT2D eigenvalue weighted by molar-refractivity contribution is 0.692. The third-order valence-electron chi connectivity index (χ3n) is 1.08. The maximum atomic E-state index is 10.9. The standard InChI is InChI=1S/C6H14OS2/c1-4-6(3)8-9(7)5-2/h6H,4-5H2,1-3H3. The quantitative estimate of drug-likeness (QED) is 0.596. The topological polar surface area (TPSA) is 17.1 Å². The van der Waals surface area contributed by atoms with E-state index in [9.17, 15) is 4.21 Å². The van der Waals surface area contributed by atoms with Crippen LogP contribution in [0.2, 0.25) is 0 Å². The molecule has 1 nitrogen and oxygen atoms in total. The average Bonchev–Trinajstić information content (AvgIpc) is 1.87. The minimum atomic E-state index is -0.640. The number of hydrogen-bond acceptors (Lipinski definition) is 2. The van der Waals surface area contributed by atoms with E-state index in [0.29, 0.717) is 5.25 Å². The lowest BCUT2D eigenvalue weighted by Crippen LogP contribution is -1.96. The first kappa shape index (κ1) is 9.50. The van der Waals surface area contributed by atoms with Gasteiger partial charge in [0.2, 0.25) is 0 Å². The normalized spacial score (nSPS) is 17.2. The third kappa shape index (κ3) is 4.97. The van der Waals surface area contributed by atoms with E-state index in [2.05, 4.69) is 13.8 Å². The number of rotatable bonds is 4. The third-order valence-corrected chi connectivity index (χ3v) is 4.77. The Kier molecular flexibility index (Phi) is 5.59. The molecule has 0 heterocycles. The van der Waals surface area contributed by atoms with E-state index in [1.165, 1.54) is 0 Å². The van der Waals surface area contributed by atoms with E-state index in [4.69, 9.17) is 0 Å². The summed E-state index contributed by atoms with van der Waals surface area (Å²) in [5.41, 5.74) is 0. The van der Waals surface area contributed by atoms with Crippen molar-refractivity contribution >= 4 is 20.6 Å². The van der Waals surface area contributed by atoms with E-state index < -0.39 is 9.83 Å². The van der Waals surface area contributed by atoms with Crippen LogP contribution in [-0.2, 0) is 9.83 Å². The highest BCUT2D eigenvalue weighted by molar-refractivity contribution is 8.69. The molecule has 0 aliphatic rings. The summed E-state index contributed by atoms with van der Waals surface area (Å²) in [5.74, 6) is 0.773. The van der Waals surface area contributed by atoms with Crippen molar-refractivity contribution in [3.8, 4) is 0 Å². The maximum absolute atomic E-state index is 10.9. The van der Waals surface area contributed by atoms with Crippen LogP contribution in [0.4, 0.5) is 0 Å². The maximum Gasteiger partial charge on any atom is 0.0803 e. The summed E-state index contributed by atoms with van der Waals surface area (Å²) >= 11 is 0. The highest BCUT2D eigenvalue weighted by atomic mass is 33.1. The van der Waals surface area contributed by atoms with Crippen molar-refractivity contribution in [3.05, 3.63) is 0 Å². The molecule has 0 amide bonds.